The summed E-state index contributed by atoms with van der Waals surface area (Å²) in [5.74, 6) is -1.13. The first-order chi connectivity index (χ1) is 10.5. The summed E-state index contributed by atoms with van der Waals surface area (Å²) >= 11 is 0. The molecular weight excluding hydrogens is 287 g/mol. The van der Waals surface area contributed by atoms with Gasteiger partial charge in [0.25, 0.3) is 11.8 Å². The molecule has 0 atom stereocenters. The maximum Gasteiger partial charge on any atom is 0.258 e. The van der Waals surface area contributed by atoms with Gasteiger partial charge in [-0.05, 0) is 36.4 Å². The van der Waals surface area contributed by atoms with Crippen LogP contribution in [0.15, 0.2) is 42.5 Å². The number of methoxy groups -OCH3 is 1. The monoisotopic (exact) mass is 302 g/mol. The van der Waals surface area contributed by atoms with Gasteiger partial charge in [0, 0.05) is 24.4 Å². The van der Waals surface area contributed by atoms with E-state index in [4.69, 9.17) is 4.74 Å². The summed E-state index contributed by atoms with van der Waals surface area (Å²) in [6.07, 6.45) is 0. The lowest BCUT2D eigenvalue weighted by molar-refractivity contribution is 0.0962. The highest BCUT2D eigenvalue weighted by molar-refractivity contribution is 6.04. The summed E-state index contributed by atoms with van der Waals surface area (Å²) in [6.45, 7) is 0. The van der Waals surface area contributed by atoms with Crippen molar-refractivity contribution in [3.05, 3.63) is 59.4 Å². The fourth-order valence-corrected chi connectivity index (χ4v) is 1.85. The van der Waals surface area contributed by atoms with Crippen LogP contribution in [-0.2, 0) is 0 Å². The Bertz CT molecular complexity index is 699. The Hall–Kier alpha value is -2.89. The fraction of sp³-hybridized carbons (Fsp3) is 0.125. The van der Waals surface area contributed by atoms with Crippen molar-refractivity contribution in [2.24, 2.45) is 0 Å². The zero-order valence-corrected chi connectivity index (χ0v) is 12.1. The average molecular weight is 302 g/mol. The van der Waals surface area contributed by atoms with Crippen LogP contribution < -0.4 is 15.4 Å². The van der Waals surface area contributed by atoms with Crippen molar-refractivity contribution in [2.45, 2.75) is 0 Å². The van der Waals surface area contributed by atoms with Crippen LogP contribution in [0.2, 0.25) is 0 Å². The molecule has 0 aliphatic heterocycles. The van der Waals surface area contributed by atoms with Crippen LogP contribution in [-0.4, -0.2) is 26.0 Å². The van der Waals surface area contributed by atoms with Crippen molar-refractivity contribution in [1.82, 2.24) is 5.32 Å². The van der Waals surface area contributed by atoms with E-state index < -0.39 is 11.7 Å². The second-order valence-corrected chi connectivity index (χ2v) is 4.46. The molecule has 2 aromatic carbocycles. The van der Waals surface area contributed by atoms with Gasteiger partial charge in [0.15, 0.2) is 0 Å². The topological polar surface area (TPSA) is 67.4 Å². The molecule has 0 saturated carbocycles. The Morgan fingerprint density at radius 3 is 2.27 bits per heavy atom. The number of amides is 2. The summed E-state index contributed by atoms with van der Waals surface area (Å²) < 4.78 is 18.7. The van der Waals surface area contributed by atoms with Gasteiger partial charge in [-0.3, -0.25) is 9.59 Å². The largest absolute Gasteiger partial charge is 0.497 e. The van der Waals surface area contributed by atoms with Gasteiger partial charge in [-0.25, -0.2) is 4.39 Å². The highest BCUT2D eigenvalue weighted by atomic mass is 19.1. The number of nitrogens with one attached hydrogen (secondary N) is 2. The van der Waals surface area contributed by atoms with E-state index in [0.29, 0.717) is 17.0 Å². The molecule has 22 heavy (non-hydrogen) atoms. The molecule has 6 heteroatoms. The molecule has 2 rings (SSSR count). The summed E-state index contributed by atoms with van der Waals surface area (Å²) in [5.41, 5.74) is 0.847. The molecule has 0 aliphatic carbocycles. The second-order valence-electron chi connectivity index (χ2n) is 4.46. The molecule has 0 aromatic heterocycles. The van der Waals surface area contributed by atoms with E-state index in [1.165, 1.54) is 26.3 Å². The number of carbonyl (C=O) groups is 2. The van der Waals surface area contributed by atoms with E-state index in [9.17, 15) is 14.0 Å². The highest BCUT2D eigenvalue weighted by Gasteiger charge is 2.13. The Kier molecular flexibility index (Phi) is 4.73. The molecule has 0 unspecified atom stereocenters. The van der Waals surface area contributed by atoms with Crippen molar-refractivity contribution in [2.75, 3.05) is 19.5 Å². The van der Waals surface area contributed by atoms with E-state index in [1.807, 2.05) is 0 Å². The zero-order valence-electron chi connectivity index (χ0n) is 12.1. The molecule has 0 spiro atoms. The number of carbonyl (C=O) groups excluding carboxylic acids is 2. The Morgan fingerprint density at radius 2 is 1.73 bits per heavy atom. The molecule has 2 aromatic rings. The Morgan fingerprint density at radius 1 is 1.05 bits per heavy atom. The lowest BCUT2D eigenvalue weighted by atomic mass is 10.1. The van der Waals surface area contributed by atoms with Crippen LogP contribution >= 0.6 is 0 Å². The predicted molar refractivity (Wildman–Crippen MR) is 80.7 cm³/mol. The number of benzene rings is 2. The third-order valence-corrected chi connectivity index (χ3v) is 3.05. The first kappa shape index (κ1) is 15.5. The van der Waals surface area contributed by atoms with E-state index in [0.717, 1.165) is 6.07 Å². The number of hydrogen-bond acceptors (Lipinski definition) is 3. The van der Waals surface area contributed by atoms with Crippen molar-refractivity contribution in [3.63, 3.8) is 0 Å². The lowest BCUT2D eigenvalue weighted by Gasteiger charge is -2.08. The first-order valence-electron chi connectivity index (χ1n) is 6.52. The molecule has 0 heterocycles. The molecule has 0 saturated heterocycles. The lowest BCUT2D eigenvalue weighted by Crippen LogP contribution is -2.18. The molecule has 2 amide bonds. The fourth-order valence-electron chi connectivity index (χ4n) is 1.85. The standard InChI is InChI=1S/C16H15FN2O3/c1-18-15(20)10-3-5-11(6-4-10)19-16(21)13-8-7-12(22-2)9-14(13)17/h3-9H,1-2H3,(H,18,20)(H,19,21). The van der Waals surface area contributed by atoms with Crippen LogP contribution in [0, 0.1) is 5.82 Å². The minimum absolute atomic E-state index is 0.0869. The van der Waals surface area contributed by atoms with Crippen LogP contribution in [0.4, 0.5) is 10.1 Å². The summed E-state index contributed by atoms with van der Waals surface area (Å²) in [4.78, 5) is 23.5. The summed E-state index contributed by atoms with van der Waals surface area (Å²) in [5, 5.41) is 5.07. The van der Waals surface area contributed by atoms with Crippen molar-refractivity contribution < 1.29 is 18.7 Å². The third kappa shape index (κ3) is 3.41. The van der Waals surface area contributed by atoms with Crippen LogP contribution in [0.25, 0.3) is 0 Å². The number of ether oxygens (including phenoxy) is 1. The number of halogens is 1. The van der Waals surface area contributed by atoms with E-state index in [2.05, 4.69) is 10.6 Å². The number of rotatable bonds is 4. The molecule has 0 fully saturated rings. The minimum Gasteiger partial charge on any atom is -0.497 e. The van der Waals surface area contributed by atoms with Gasteiger partial charge in [-0.1, -0.05) is 0 Å². The maximum absolute atomic E-state index is 13.8. The summed E-state index contributed by atoms with van der Waals surface area (Å²) in [7, 11) is 2.95. The molecule has 5 nitrogen and oxygen atoms in total. The van der Waals surface area contributed by atoms with E-state index >= 15 is 0 Å². The van der Waals surface area contributed by atoms with Gasteiger partial charge in [-0.2, -0.15) is 0 Å². The number of anilines is 1. The Balaban J connectivity index is 2.13. The second kappa shape index (κ2) is 6.71. The average Bonchev–Trinajstić information content (AvgIpc) is 2.54. The van der Waals surface area contributed by atoms with Gasteiger partial charge in [0.1, 0.15) is 11.6 Å². The van der Waals surface area contributed by atoms with Gasteiger partial charge in [-0.15, -0.1) is 0 Å². The van der Waals surface area contributed by atoms with Crippen molar-refractivity contribution in [3.8, 4) is 5.75 Å². The van der Waals surface area contributed by atoms with Crippen LogP contribution in [0.5, 0.6) is 5.75 Å². The Labute approximate surface area is 127 Å². The van der Waals surface area contributed by atoms with Crippen molar-refractivity contribution >= 4 is 17.5 Å². The molecule has 2 N–H and O–H groups in total. The van der Waals surface area contributed by atoms with E-state index in [1.54, 1.807) is 24.3 Å². The molecule has 0 aliphatic rings. The SMILES string of the molecule is CNC(=O)c1ccc(NC(=O)c2ccc(OC)cc2F)cc1. The zero-order chi connectivity index (χ0) is 16.1. The third-order valence-electron chi connectivity index (χ3n) is 3.05. The predicted octanol–water partition coefficient (Wildman–Crippen LogP) is 2.45. The molecule has 0 radical (unpaired) electrons. The van der Waals surface area contributed by atoms with Gasteiger partial charge >= 0.3 is 0 Å². The number of hydrogen-bond donors (Lipinski definition) is 2. The van der Waals surface area contributed by atoms with Crippen molar-refractivity contribution in [1.29, 1.82) is 0 Å². The van der Waals surface area contributed by atoms with Crippen LogP contribution in [0.3, 0.4) is 0 Å². The first-order valence-corrected chi connectivity index (χ1v) is 6.52. The smallest absolute Gasteiger partial charge is 0.258 e. The normalized spacial score (nSPS) is 9.95. The minimum atomic E-state index is -0.668. The maximum atomic E-state index is 13.8. The van der Waals surface area contributed by atoms with Gasteiger partial charge in [0.2, 0.25) is 0 Å². The van der Waals surface area contributed by atoms with Gasteiger partial charge < -0.3 is 15.4 Å². The molecule has 114 valence electrons. The summed E-state index contributed by atoms with van der Waals surface area (Å²) in [6, 6.07) is 10.3. The molecule has 0 bridgehead atoms. The van der Waals surface area contributed by atoms with E-state index in [-0.39, 0.29) is 11.5 Å². The quantitative estimate of drug-likeness (QED) is 0.911. The van der Waals surface area contributed by atoms with Crippen LogP contribution in [0.1, 0.15) is 20.7 Å². The highest BCUT2D eigenvalue weighted by Crippen LogP contribution is 2.18. The molecular formula is C16H15FN2O3. The van der Waals surface area contributed by atoms with Gasteiger partial charge in [0.05, 0.1) is 12.7 Å².